The summed E-state index contributed by atoms with van der Waals surface area (Å²) in [6, 6.07) is 26.7. The summed E-state index contributed by atoms with van der Waals surface area (Å²) in [6.07, 6.45) is 1.02. The minimum absolute atomic E-state index is 0.0462. The third kappa shape index (κ3) is 5.89. The number of halogens is 1. The average molecular weight is 683 g/mol. The number of carbonyl (C=O) groups excluding carboxylic acids is 2. The second kappa shape index (κ2) is 12.7. The standard InChI is InChI=1S/C36H36BrN5O4/c1-46-28-11-12-30(37)29(20-28)35(44)38-31-19-25(36(45)40-16-14-39(15-17-40)27-6-3-2-4-7-27)10-13-33(31)41-21-24-18-26(23-41)32-8-5-9-34(43)42(32)22-24/h2-13,19-20,24,26H,14-18,21-23H2,1H3,(H,38,44)/t24-,26+/m1/s1. The maximum Gasteiger partial charge on any atom is 0.257 e. The molecule has 0 aliphatic carbocycles. The van der Waals surface area contributed by atoms with Gasteiger partial charge < -0.3 is 29.3 Å². The van der Waals surface area contributed by atoms with E-state index in [4.69, 9.17) is 4.74 Å². The second-order valence-corrected chi connectivity index (χ2v) is 13.1. The summed E-state index contributed by atoms with van der Waals surface area (Å²) in [7, 11) is 1.57. The number of ether oxygens (including phenoxy) is 1. The molecule has 3 aliphatic rings. The number of pyridine rings is 1. The van der Waals surface area contributed by atoms with Crippen molar-refractivity contribution >= 4 is 44.8 Å². The van der Waals surface area contributed by atoms with E-state index in [-0.39, 0.29) is 23.3 Å². The molecule has 10 heteroatoms. The van der Waals surface area contributed by atoms with E-state index in [1.807, 2.05) is 58.0 Å². The topological polar surface area (TPSA) is 87.1 Å². The van der Waals surface area contributed by atoms with Crippen LogP contribution in [0.3, 0.4) is 0 Å². The van der Waals surface area contributed by atoms with Gasteiger partial charge in [-0.1, -0.05) is 24.3 Å². The molecule has 3 aliphatic heterocycles. The largest absolute Gasteiger partial charge is 0.497 e. The first-order chi connectivity index (χ1) is 22.4. The van der Waals surface area contributed by atoms with Crippen LogP contribution in [0.4, 0.5) is 17.1 Å². The molecule has 2 amide bonds. The smallest absolute Gasteiger partial charge is 0.257 e. The molecular weight excluding hydrogens is 646 g/mol. The lowest BCUT2D eigenvalue weighted by molar-refractivity contribution is 0.0746. The number of hydrogen-bond acceptors (Lipinski definition) is 6. The van der Waals surface area contributed by atoms with Gasteiger partial charge in [0.05, 0.1) is 24.0 Å². The molecule has 9 nitrogen and oxygen atoms in total. The molecular formula is C36H36BrN5O4. The maximum absolute atomic E-state index is 13.8. The maximum atomic E-state index is 13.8. The Hall–Kier alpha value is -4.57. The van der Waals surface area contributed by atoms with Crippen LogP contribution in [0.1, 0.15) is 38.7 Å². The molecule has 0 spiro atoms. The Labute approximate surface area is 276 Å². The SMILES string of the molecule is COc1ccc(Br)c(C(=O)Nc2cc(C(=O)N3CCN(c4ccccc4)CC3)ccc2N2C[C@H]3C[C@@H](C2)c2cccc(=O)n2C3)c1. The summed E-state index contributed by atoms with van der Waals surface area (Å²) >= 11 is 3.51. The van der Waals surface area contributed by atoms with Crippen molar-refractivity contribution in [1.29, 1.82) is 0 Å². The highest BCUT2D eigenvalue weighted by Crippen LogP contribution is 2.40. The zero-order valence-electron chi connectivity index (χ0n) is 25.7. The number of nitrogens with zero attached hydrogens (tertiary/aromatic N) is 4. The number of fused-ring (bicyclic) bond motifs is 4. The number of anilines is 3. The minimum Gasteiger partial charge on any atom is -0.497 e. The number of aromatic nitrogens is 1. The predicted molar refractivity (Wildman–Crippen MR) is 183 cm³/mol. The summed E-state index contributed by atoms with van der Waals surface area (Å²) in [5.74, 6) is 0.706. The van der Waals surface area contributed by atoms with Crippen LogP contribution in [-0.4, -0.2) is 67.7 Å². The van der Waals surface area contributed by atoms with Crippen LogP contribution in [-0.2, 0) is 6.54 Å². The molecule has 2 fully saturated rings. The fourth-order valence-corrected chi connectivity index (χ4v) is 7.55. The van der Waals surface area contributed by atoms with Crippen LogP contribution in [0.25, 0.3) is 0 Å². The van der Waals surface area contributed by atoms with Crippen LogP contribution in [0.5, 0.6) is 5.75 Å². The first-order valence-electron chi connectivity index (χ1n) is 15.7. The highest BCUT2D eigenvalue weighted by Gasteiger charge is 2.35. The van der Waals surface area contributed by atoms with E-state index in [9.17, 15) is 14.4 Å². The Balaban J connectivity index is 1.18. The predicted octanol–water partition coefficient (Wildman–Crippen LogP) is 5.46. The van der Waals surface area contributed by atoms with E-state index < -0.39 is 0 Å². The van der Waals surface area contributed by atoms with E-state index in [2.05, 4.69) is 43.2 Å². The van der Waals surface area contributed by atoms with E-state index in [0.29, 0.717) is 59.1 Å². The Kier molecular flexibility index (Phi) is 8.29. The van der Waals surface area contributed by atoms with Gasteiger partial charge in [-0.15, -0.1) is 0 Å². The highest BCUT2D eigenvalue weighted by atomic mass is 79.9. The summed E-state index contributed by atoms with van der Waals surface area (Å²) in [5, 5.41) is 3.14. The zero-order chi connectivity index (χ0) is 31.8. The van der Waals surface area contributed by atoms with Crippen LogP contribution < -0.4 is 25.4 Å². The molecule has 4 heterocycles. The minimum atomic E-state index is -0.304. The molecule has 1 aromatic heterocycles. The normalized spacial score (nSPS) is 19.0. The summed E-state index contributed by atoms with van der Waals surface area (Å²) in [5.41, 5.74) is 4.67. The molecule has 3 aromatic carbocycles. The van der Waals surface area contributed by atoms with Crippen molar-refractivity contribution in [3.05, 3.63) is 117 Å². The van der Waals surface area contributed by atoms with E-state index in [1.165, 1.54) is 0 Å². The number of nitrogens with one attached hydrogen (secondary N) is 1. The van der Waals surface area contributed by atoms with Gasteiger partial charge in [0.1, 0.15) is 5.75 Å². The lowest BCUT2D eigenvalue weighted by atomic mass is 9.83. The molecule has 2 atom stereocenters. The number of rotatable bonds is 6. The molecule has 7 rings (SSSR count). The van der Waals surface area contributed by atoms with Gasteiger partial charge in [-0.05, 0) is 82.9 Å². The van der Waals surface area contributed by atoms with E-state index in [0.717, 1.165) is 43.1 Å². The molecule has 2 saturated heterocycles. The van der Waals surface area contributed by atoms with Crippen molar-refractivity contribution in [3.63, 3.8) is 0 Å². The third-order valence-corrected chi connectivity index (χ3v) is 10.1. The Morgan fingerprint density at radius 3 is 2.43 bits per heavy atom. The van der Waals surface area contributed by atoms with Crippen LogP contribution in [0.15, 0.2) is 94.2 Å². The van der Waals surface area contributed by atoms with E-state index >= 15 is 0 Å². The van der Waals surface area contributed by atoms with Crippen molar-refractivity contribution < 1.29 is 14.3 Å². The molecule has 0 saturated carbocycles. The highest BCUT2D eigenvalue weighted by molar-refractivity contribution is 9.10. The number of piperazine rings is 1. The van der Waals surface area contributed by atoms with Gasteiger partial charge >= 0.3 is 0 Å². The lowest BCUT2D eigenvalue weighted by Gasteiger charge is -2.44. The van der Waals surface area contributed by atoms with Crippen molar-refractivity contribution in [3.8, 4) is 5.75 Å². The molecule has 46 heavy (non-hydrogen) atoms. The van der Waals surface area contributed by atoms with Gasteiger partial charge in [0.15, 0.2) is 0 Å². The van der Waals surface area contributed by atoms with Gasteiger partial charge in [0.25, 0.3) is 17.4 Å². The summed E-state index contributed by atoms with van der Waals surface area (Å²) < 4.78 is 7.93. The number of carbonyl (C=O) groups is 2. The van der Waals surface area contributed by atoms with Gasteiger partial charge in [0, 0.05) is 79.2 Å². The lowest BCUT2D eigenvalue weighted by Crippen LogP contribution is -2.49. The number of amides is 2. The van der Waals surface area contributed by atoms with Crippen LogP contribution in [0.2, 0.25) is 0 Å². The molecule has 1 N–H and O–H groups in total. The van der Waals surface area contributed by atoms with Gasteiger partial charge in [0.2, 0.25) is 0 Å². The number of hydrogen-bond donors (Lipinski definition) is 1. The fourth-order valence-electron chi connectivity index (χ4n) is 7.12. The monoisotopic (exact) mass is 681 g/mol. The van der Waals surface area contributed by atoms with Gasteiger partial charge in [-0.2, -0.15) is 0 Å². The molecule has 0 radical (unpaired) electrons. The zero-order valence-corrected chi connectivity index (χ0v) is 27.3. The number of para-hydroxylation sites is 1. The Bertz CT molecular complexity index is 1840. The van der Waals surface area contributed by atoms with Crippen LogP contribution in [0, 0.1) is 5.92 Å². The quantitative estimate of drug-likeness (QED) is 0.291. The van der Waals surface area contributed by atoms with Crippen LogP contribution >= 0.6 is 15.9 Å². The first-order valence-corrected chi connectivity index (χ1v) is 16.5. The first kappa shape index (κ1) is 30.1. The molecule has 2 bridgehead atoms. The number of piperidine rings is 1. The molecule has 4 aromatic rings. The fraction of sp³-hybridized carbons (Fsp3) is 0.306. The van der Waals surface area contributed by atoms with Crippen molar-refractivity contribution in [2.45, 2.75) is 18.9 Å². The van der Waals surface area contributed by atoms with Gasteiger partial charge in [-0.3, -0.25) is 14.4 Å². The van der Waals surface area contributed by atoms with Gasteiger partial charge in [-0.25, -0.2) is 0 Å². The molecule has 0 unspecified atom stereocenters. The Morgan fingerprint density at radius 2 is 1.65 bits per heavy atom. The number of methoxy groups -OCH3 is 1. The Morgan fingerprint density at radius 1 is 0.848 bits per heavy atom. The van der Waals surface area contributed by atoms with E-state index in [1.54, 1.807) is 31.4 Å². The van der Waals surface area contributed by atoms with Crippen molar-refractivity contribution in [2.75, 3.05) is 61.5 Å². The van der Waals surface area contributed by atoms with Crippen molar-refractivity contribution in [2.24, 2.45) is 5.92 Å². The number of benzene rings is 3. The molecule has 236 valence electrons. The third-order valence-electron chi connectivity index (χ3n) is 9.42. The average Bonchev–Trinajstić information content (AvgIpc) is 3.09. The second-order valence-electron chi connectivity index (χ2n) is 12.2. The van der Waals surface area contributed by atoms with Crippen molar-refractivity contribution in [1.82, 2.24) is 9.47 Å². The summed E-state index contributed by atoms with van der Waals surface area (Å²) in [4.78, 5) is 46.6. The summed E-state index contributed by atoms with van der Waals surface area (Å²) in [6.45, 7) is 4.86.